The summed E-state index contributed by atoms with van der Waals surface area (Å²) in [5.74, 6) is 0.296. The Morgan fingerprint density at radius 3 is 2.76 bits per heavy atom. The van der Waals surface area contributed by atoms with E-state index in [1.54, 1.807) is 25.4 Å². The zero-order chi connectivity index (χ0) is 23.6. The Labute approximate surface area is 193 Å². The van der Waals surface area contributed by atoms with Crippen molar-refractivity contribution < 1.29 is 18.7 Å². The van der Waals surface area contributed by atoms with E-state index < -0.39 is 17.7 Å². The summed E-state index contributed by atoms with van der Waals surface area (Å²) in [4.78, 5) is 19.4. The molecule has 4 rings (SSSR count). The maximum Gasteiger partial charge on any atom is 0.261 e. The average molecular weight is 456 g/mol. The molecule has 3 heterocycles. The molecule has 0 bridgehead atoms. The number of ether oxygens (including phenoxy) is 2. The van der Waals surface area contributed by atoms with Gasteiger partial charge in [0.05, 0.1) is 30.2 Å². The second-order valence-electron chi connectivity index (χ2n) is 8.96. The summed E-state index contributed by atoms with van der Waals surface area (Å²) in [5, 5.41) is 13.6. The van der Waals surface area contributed by atoms with Crippen LogP contribution in [-0.4, -0.2) is 56.4 Å². The molecule has 3 aliphatic heterocycles. The Balaban J connectivity index is 1.69. The Bertz CT molecular complexity index is 1030. The third kappa shape index (κ3) is 4.64. The number of fused-ring (bicyclic) bond motifs is 1. The highest BCUT2D eigenvalue weighted by Gasteiger charge is 2.44. The van der Waals surface area contributed by atoms with Gasteiger partial charge in [0.1, 0.15) is 23.3 Å². The van der Waals surface area contributed by atoms with Crippen LogP contribution in [0.2, 0.25) is 0 Å². The van der Waals surface area contributed by atoms with E-state index in [4.69, 9.17) is 14.9 Å². The highest BCUT2D eigenvalue weighted by Crippen LogP contribution is 2.44. The number of hydrogen-bond donors (Lipinski definition) is 3. The molecule has 0 aromatic heterocycles. The molecule has 1 saturated heterocycles. The van der Waals surface area contributed by atoms with Crippen molar-refractivity contribution in [3.63, 3.8) is 0 Å². The van der Waals surface area contributed by atoms with Gasteiger partial charge in [-0.15, -0.1) is 0 Å². The van der Waals surface area contributed by atoms with Crippen LogP contribution in [0.4, 0.5) is 15.8 Å². The molecule has 3 N–H and O–H groups in total. The van der Waals surface area contributed by atoms with E-state index in [2.05, 4.69) is 20.5 Å². The number of halogens is 1. The number of amides is 1. The van der Waals surface area contributed by atoms with Gasteiger partial charge in [0.15, 0.2) is 0 Å². The molecule has 3 aliphatic rings. The van der Waals surface area contributed by atoms with Gasteiger partial charge in [0.25, 0.3) is 5.91 Å². The van der Waals surface area contributed by atoms with E-state index in [1.165, 1.54) is 0 Å². The molecule has 0 aliphatic carbocycles. The predicted octanol–water partition coefficient (Wildman–Crippen LogP) is 3.20. The number of alkyl halides is 1. The quantitative estimate of drug-likeness (QED) is 0.452. The lowest BCUT2D eigenvalue weighted by atomic mass is 9.88. The van der Waals surface area contributed by atoms with Crippen LogP contribution >= 0.6 is 0 Å². The maximum absolute atomic E-state index is 15.0. The summed E-state index contributed by atoms with van der Waals surface area (Å²) < 4.78 is 26.7. The van der Waals surface area contributed by atoms with Crippen molar-refractivity contribution in [3.05, 3.63) is 41.4 Å². The van der Waals surface area contributed by atoms with Gasteiger partial charge >= 0.3 is 0 Å². The minimum atomic E-state index is -1.13. The summed E-state index contributed by atoms with van der Waals surface area (Å²) in [7, 11) is 0. The molecule has 0 saturated carbocycles. The molecule has 33 heavy (non-hydrogen) atoms. The number of nitrogens with one attached hydrogen (secondary N) is 3. The normalized spacial score (nSPS) is 24.1. The van der Waals surface area contributed by atoms with E-state index in [1.807, 2.05) is 26.0 Å². The number of rotatable bonds is 6. The smallest absolute Gasteiger partial charge is 0.261 e. The first-order valence-electron chi connectivity index (χ1n) is 11.2. The Morgan fingerprint density at radius 2 is 2.12 bits per heavy atom. The molecular formula is C24H30FN5O3. The molecule has 176 valence electrons. The molecule has 1 amide bonds. The molecule has 0 spiro atoms. The molecule has 9 heteroatoms. The first-order chi connectivity index (χ1) is 15.8. The summed E-state index contributed by atoms with van der Waals surface area (Å²) >= 11 is 0. The lowest BCUT2D eigenvalue weighted by Crippen LogP contribution is -2.44. The largest absolute Gasteiger partial charge is 0.484 e. The molecular weight excluding hydrogens is 425 g/mol. The van der Waals surface area contributed by atoms with Crippen LogP contribution in [0.3, 0.4) is 0 Å². The standard InChI is InChI=1S/C24H30FN5O3/c1-15(2)21(25)24(3)13-16-11-18(19(12-20(16)33-24)30-7-9-32-10-8-30)29-23(31)17(14-26)22-27-5-4-6-28-22/h4-6,11-12,14-15,21,26-27H,7-10,13H2,1-3H3,(H,29,31)/b22-17-,26-14?. The number of carbonyl (C=O) groups is 1. The van der Waals surface area contributed by atoms with Gasteiger partial charge in [-0.05, 0) is 25.0 Å². The van der Waals surface area contributed by atoms with E-state index in [9.17, 15) is 4.79 Å². The molecule has 8 nitrogen and oxygen atoms in total. The van der Waals surface area contributed by atoms with Crippen molar-refractivity contribution >= 4 is 29.7 Å². The van der Waals surface area contributed by atoms with E-state index in [0.717, 1.165) is 17.5 Å². The average Bonchev–Trinajstić information content (AvgIpc) is 3.16. The number of morpholine rings is 1. The number of anilines is 2. The number of carbonyl (C=O) groups excluding carboxylic acids is 1. The minimum absolute atomic E-state index is 0.105. The fourth-order valence-corrected chi connectivity index (χ4v) is 4.44. The minimum Gasteiger partial charge on any atom is -0.484 e. The van der Waals surface area contributed by atoms with Gasteiger partial charge in [-0.2, -0.15) is 0 Å². The Morgan fingerprint density at radius 1 is 1.36 bits per heavy atom. The van der Waals surface area contributed by atoms with Crippen LogP contribution in [0, 0.1) is 11.3 Å². The van der Waals surface area contributed by atoms with Crippen molar-refractivity contribution in [1.82, 2.24) is 5.32 Å². The summed E-state index contributed by atoms with van der Waals surface area (Å²) in [6.07, 6.45) is 5.15. The fourth-order valence-electron chi connectivity index (χ4n) is 4.44. The summed E-state index contributed by atoms with van der Waals surface area (Å²) in [6, 6.07) is 3.74. The molecule has 1 aromatic carbocycles. The lowest BCUT2D eigenvalue weighted by Gasteiger charge is -2.31. The van der Waals surface area contributed by atoms with Crippen LogP contribution in [-0.2, 0) is 16.0 Å². The van der Waals surface area contributed by atoms with Crippen LogP contribution < -0.4 is 20.3 Å². The Hall–Kier alpha value is -3.20. The predicted molar refractivity (Wildman–Crippen MR) is 127 cm³/mol. The summed E-state index contributed by atoms with van der Waals surface area (Å²) in [6.45, 7) is 7.94. The highest BCUT2D eigenvalue weighted by atomic mass is 19.1. The monoisotopic (exact) mass is 455 g/mol. The van der Waals surface area contributed by atoms with Crippen LogP contribution in [0.5, 0.6) is 5.75 Å². The number of hydrogen-bond acceptors (Lipinski definition) is 7. The fraction of sp³-hybridized carbons (Fsp3) is 0.458. The molecule has 2 atom stereocenters. The third-order valence-electron chi connectivity index (χ3n) is 6.08. The zero-order valence-corrected chi connectivity index (χ0v) is 19.2. The van der Waals surface area contributed by atoms with E-state index in [-0.39, 0.29) is 11.5 Å². The van der Waals surface area contributed by atoms with Crippen LogP contribution in [0.1, 0.15) is 26.3 Å². The molecule has 2 unspecified atom stereocenters. The van der Waals surface area contributed by atoms with Crippen LogP contribution in [0.25, 0.3) is 0 Å². The number of nitrogens with zero attached hydrogens (tertiary/aromatic N) is 2. The van der Waals surface area contributed by atoms with Crippen molar-refractivity contribution in [1.29, 1.82) is 5.41 Å². The van der Waals surface area contributed by atoms with Gasteiger partial charge in [-0.3, -0.25) is 4.79 Å². The summed E-state index contributed by atoms with van der Waals surface area (Å²) in [5.41, 5.74) is 1.35. The second kappa shape index (κ2) is 9.35. The van der Waals surface area contributed by atoms with Crippen molar-refractivity contribution in [3.8, 4) is 5.75 Å². The molecule has 1 aromatic rings. The van der Waals surface area contributed by atoms with Gasteiger partial charge in [-0.25, -0.2) is 9.38 Å². The van der Waals surface area contributed by atoms with E-state index in [0.29, 0.717) is 50.0 Å². The SMILES string of the molecule is CC(C)C(F)C1(C)Cc2cc(NC(=O)/C(C=N)=C3\N=CC=CN3)c(N3CCOCC3)cc2O1. The van der Waals surface area contributed by atoms with E-state index >= 15 is 4.39 Å². The van der Waals surface area contributed by atoms with Crippen molar-refractivity contribution in [2.45, 2.75) is 39.0 Å². The number of aliphatic imine (C=N–C) groups is 1. The number of allylic oxidation sites excluding steroid dienone is 1. The third-order valence-corrected chi connectivity index (χ3v) is 6.08. The van der Waals surface area contributed by atoms with Gasteiger partial charge in [0.2, 0.25) is 0 Å². The second-order valence-corrected chi connectivity index (χ2v) is 8.96. The maximum atomic E-state index is 15.0. The van der Waals surface area contributed by atoms with Crippen molar-refractivity contribution in [2.75, 3.05) is 36.5 Å². The first kappa shape index (κ1) is 23.0. The first-order valence-corrected chi connectivity index (χ1v) is 11.2. The van der Waals surface area contributed by atoms with Gasteiger partial charge in [-0.1, -0.05) is 13.8 Å². The molecule has 0 radical (unpaired) electrons. The van der Waals surface area contributed by atoms with Crippen LogP contribution in [0.15, 0.2) is 40.8 Å². The highest BCUT2D eigenvalue weighted by molar-refractivity contribution is 6.18. The Kier molecular flexibility index (Phi) is 6.51. The zero-order valence-electron chi connectivity index (χ0n) is 19.2. The van der Waals surface area contributed by atoms with Gasteiger partial charge in [0, 0.05) is 49.8 Å². The molecule has 1 fully saturated rings. The number of benzene rings is 1. The topological polar surface area (TPSA) is 99.0 Å². The lowest BCUT2D eigenvalue weighted by molar-refractivity contribution is -0.112. The van der Waals surface area contributed by atoms with Gasteiger partial charge < -0.3 is 30.4 Å². The van der Waals surface area contributed by atoms with Crippen molar-refractivity contribution in [2.24, 2.45) is 10.9 Å².